The van der Waals surface area contributed by atoms with Gasteiger partial charge in [0, 0.05) is 6.42 Å². The highest BCUT2D eigenvalue weighted by molar-refractivity contribution is 5.83. The molecule has 0 bridgehead atoms. The minimum atomic E-state index is -0.135. The molecule has 0 aliphatic carbocycles. The molecule has 0 aliphatic heterocycles. The molecule has 0 saturated carbocycles. The Hall–Kier alpha value is -1.64. The maximum Gasteiger partial charge on any atom is 0.152 e. The summed E-state index contributed by atoms with van der Waals surface area (Å²) in [6.07, 6.45) is 1.94. The zero-order chi connectivity index (χ0) is 12.4. The highest BCUT2D eigenvalue weighted by atomic mass is 16.1. The smallest absolute Gasteiger partial charge is 0.152 e. The van der Waals surface area contributed by atoms with Gasteiger partial charge in [0.25, 0.3) is 0 Å². The molecule has 1 aromatic carbocycles. The molecule has 2 rings (SSSR count). The van der Waals surface area contributed by atoms with Gasteiger partial charge in [0.15, 0.2) is 5.78 Å². The van der Waals surface area contributed by atoms with Gasteiger partial charge in [-0.25, -0.2) is 4.98 Å². The predicted molar refractivity (Wildman–Crippen MR) is 69.1 cm³/mol. The first-order chi connectivity index (χ1) is 8.15. The SMILES string of the molecule is CCCc1nc2ccccc2n1C(C)C(C)=O. The van der Waals surface area contributed by atoms with Crippen LogP contribution in [0.3, 0.4) is 0 Å². The topological polar surface area (TPSA) is 34.9 Å². The van der Waals surface area contributed by atoms with Crippen molar-refractivity contribution in [2.75, 3.05) is 0 Å². The Labute approximate surface area is 101 Å². The van der Waals surface area contributed by atoms with E-state index >= 15 is 0 Å². The first kappa shape index (κ1) is 11.8. The summed E-state index contributed by atoms with van der Waals surface area (Å²) in [5.74, 6) is 1.18. The molecule has 90 valence electrons. The molecule has 0 spiro atoms. The Morgan fingerprint density at radius 2 is 2.12 bits per heavy atom. The molecule has 0 saturated heterocycles. The number of ketones is 1. The quantitative estimate of drug-likeness (QED) is 0.808. The number of aromatic nitrogens is 2. The van der Waals surface area contributed by atoms with Crippen LogP contribution in [-0.4, -0.2) is 15.3 Å². The second-order valence-corrected chi connectivity index (χ2v) is 4.42. The lowest BCUT2D eigenvalue weighted by atomic mass is 10.2. The van der Waals surface area contributed by atoms with Gasteiger partial charge in [0.1, 0.15) is 5.82 Å². The van der Waals surface area contributed by atoms with E-state index in [9.17, 15) is 4.79 Å². The number of carbonyl (C=O) groups excluding carboxylic acids is 1. The molecule has 0 aliphatic rings. The lowest BCUT2D eigenvalue weighted by molar-refractivity contribution is -0.119. The number of para-hydroxylation sites is 2. The highest BCUT2D eigenvalue weighted by Gasteiger charge is 2.17. The summed E-state index contributed by atoms with van der Waals surface area (Å²) in [5, 5.41) is 0. The van der Waals surface area contributed by atoms with Crippen molar-refractivity contribution in [3.63, 3.8) is 0 Å². The van der Waals surface area contributed by atoms with E-state index in [0.717, 1.165) is 29.7 Å². The molecule has 1 unspecified atom stereocenters. The van der Waals surface area contributed by atoms with E-state index in [4.69, 9.17) is 0 Å². The summed E-state index contributed by atoms with van der Waals surface area (Å²) in [6, 6.07) is 7.86. The van der Waals surface area contributed by atoms with E-state index in [2.05, 4.69) is 16.5 Å². The fraction of sp³-hybridized carbons (Fsp3) is 0.429. The summed E-state index contributed by atoms with van der Waals surface area (Å²) in [6.45, 7) is 5.70. The molecular formula is C14H18N2O. The predicted octanol–water partition coefficient (Wildman–Crippen LogP) is 3.14. The molecule has 1 aromatic heterocycles. The fourth-order valence-electron chi connectivity index (χ4n) is 2.11. The van der Waals surface area contributed by atoms with Crippen molar-refractivity contribution in [2.24, 2.45) is 0 Å². The van der Waals surface area contributed by atoms with Gasteiger partial charge in [-0.15, -0.1) is 0 Å². The van der Waals surface area contributed by atoms with Crippen molar-refractivity contribution in [1.82, 2.24) is 9.55 Å². The molecule has 1 atom stereocenters. The molecular weight excluding hydrogens is 212 g/mol. The number of hydrogen-bond acceptors (Lipinski definition) is 2. The normalized spacial score (nSPS) is 12.9. The second-order valence-electron chi connectivity index (χ2n) is 4.42. The van der Waals surface area contributed by atoms with E-state index in [1.807, 2.05) is 31.2 Å². The number of nitrogens with zero attached hydrogens (tertiary/aromatic N) is 2. The Morgan fingerprint density at radius 1 is 1.41 bits per heavy atom. The monoisotopic (exact) mass is 230 g/mol. The number of hydrogen-bond donors (Lipinski definition) is 0. The number of imidazole rings is 1. The third kappa shape index (κ3) is 2.09. The number of fused-ring (bicyclic) bond motifs is 1. The Morgan fingerprint density at radius 3 is 2.76 bits per heavy atom. The summed E-state index contributed by atoms with van der Waals surface area (Å²) in [5.41, 5.74) is 2.03. The maximum absolute atomic E-state index is 11.6. The molecule has 3 heteroatoms. The van der Waals surface area contributed by atoms with Crippen LogP contribution in [0, 0.1) is 0 Å². The molecule has 17 heavy (non-hydrogen) atoms. The Balaban J connectivity index is 2.63. The largest absolute Gasteiger partial charge is 0.318 e. The number of Topliss-reactive ketones (excluding diaryl/α,β-unsaturated/α-hetero) is 1. The summed E-state index contributed by atoms with van der Waals surface area (Å²) < 4.78 is 2.07. The van der Waals surface area contributed by atoms with Crippen LogP contribution in [-0.2, 0) is 11.2 Å². The van der Waals surface area contributed by atoms with Crippen LogP contribution < -0.4 is 0 Å². The summed E-state index contributed by atoms with van der Waals surface area (Å²) in [4.78, 5) is 16.2. The van der Waals surface area contributed by atoms with Crippen molar-refractivity contribution in [3.05, 3.63) is 30.1 Å². The van der Waals surface area contributed by atoms with Crippen LogP contribution in [0.15, 0.2) is 24.3 Å². The van der Waals surface area contributed by atoms with Gasteiger partial charge in [0.05, 0.1) is 17.1 Å². The fourth-order valence-corrected chi connectivity index (χ4v) is 2.11. The number of benzene rings is 1. The molecule has 3 nitrogen and oxygen atoms in total. The lowest BCUT2D eigenvalue weighted by Crippen LogP contribution is -2.16. The van der Waals surface area contributed by atoms with Crippen molar-refractivity contribution in [2.45, 2.75) is 39.7 Å². The van der Waals surface area contributed by atoms with Crippen molar-refractivity contribution >= 4 is 16.8 Å². The van der Waals surface area contributed by atoms with Crippen molar-refractivity contribution in [1.29, 1.82) is 0 Å². The summed E-state index contributed by atoms with van der Waals surface area (Å²) >= 11 is 0. The number of carbonyl (C=O) groups is 1. The molecule has 0 N–H and O–H groups in total. The van der Waals surface area contributed by atoms with Gasteiger partial charge in [0.2, 0.25) is 0 Å². The van der Waals surface area contributed by atoms with Gasteiger partial charge in [-0.2, -0.15) is 0 Å². The van der Waals surface area contributed by atoms with E-state index in [1.165, 1.54) is 0 Å². The minimum absolute atomic E-state index is 0.135. The standard InChI is InChI=1S/C14H18N2O/c1-4-7-14-15-12-8-5-6-9-13(12)16(14)10(2)11(3)17/h5-6,8-10H,4,7H2,1-3H3. The average molecular weight is 230 g/mol. The van der Waals surface area contributed by atoms with E-state index in [0.29, 0.717) is 0 Å². The molecule has 2 aromatic rings. The molecule has 0 amide bonds. The highest BCUT2D eigenvalue weighted by Crippen LogP contribution is 2.22. The first-order valence-corrected chi connectivity index (χ1v) is 6.11. The van der Waals surface area contributed by atoms with Gasteiger partial charge in [-0.3, -0.25) is 4.79 Å². The third-order valence-corrected chi connectivity index (χ3v) is 3.12. The van der Waals surface area contributed by atoms with Crippen LogP contribution in [0.1, 0.15) is 39.1 Å². The zero-order valence-corrected chi connectivity index (χ0v) is 10.6. The van der Waals surface area contributed by atoms with E-state index in [1.54, 1.807) is 6.92 Å². The molecule has 0 radical (unpaired) electrons. The second kappa shape index (κ2) is 4.70. The molecule has 1 heterocycles. The third-order valence-electron chi connectivity index (χ3n) is 3.12. The number of rotatable bonds is 4. The average Bonchev–Trinajstić information content (AvgIpc) is 2.66. The lowest BCUT2D eigenvalue weighted by Gasteiger charge is -2.14. The first-order valence-electron chi connectivity index (χ1n) is 6.11. The Bertz CT molecular complexity index is 542. The van der Waals surface area contributed by atoms with E-state index < -0.39 is 0 Å². The molecule has 0 fully saturated rings. The minimum Gasteiger partial charge on any atom is -0.318 e. The maximum atomic E-state index is 11.6. The van der Waals surface area contributed by atoms with Gasteiger partial charge >= 0.3 is 0 Å². The van der Waals surface area contributed by atoms with Crippen LogP contribution in [0.5, 0.6) is 0 Å². The number of aryl methyl sites for hydroxylation is 1. The van der Waals surface area contributed by atoms with Gasteiger partial charge in [-0.1, -0.05) is 19.1 Å². The van der Waals surface area contributed by atoms with Crippen LogP contribution >= 0.6 is 0 Å². The van der Waals surface area contributed by atoms with Gasteiger partial charge in [-0.05, 0) is 32.4 Å². The van der Waals surface area contributed by atoms with Gasteiger partial charge < -0.3 is 4.57 Å². The van der Waals surface area contributed by atoms with Crippen LogP contribution in [0.25, 0.3) is 11.0 Å². The van der Waals surface area contributed by atoms with Crippen molar-refractivity contribution < 1.29 is 4.79 Å². The van der Waals surface area contributed by atoms with Crippen LogP contribution in [0.2, 0.25) is 0 Å². The summed E-state index contributed by atoms with van der Waals surface area (Å²) in [7, 11) is 0. The van der Waals surface area contributed by atoms with Crippen LogP contribution in [0.4, 0.5) is 0 Å². The Kier molecular flexibility index (Phi) is 3.27. The van der Waals surface area contributed by atoms with E-state index in [-0.39, 0.29) is 11.8 Å². The zero-order valence-electron chi connectivity index (χ0n) is 10.6. The van der Waals surface area contributed by atoms with Crippen molar-refractivity contribution in [3.8, 4) is 0 Å².